The van der Waals surface area contributed by atoms with E-state index in [2.05, 4.69) is 16.0 Å². The highest BCUT2D eigenvalue weighted by atomic mass is 35.5. The number of halogens is 1. The number of rotatable bonds is 4. The summed E-state index contributed by atoms with van der Waals surface area (Å²) in [6, 6.07) is 0.518. The van der Waals surface area contributed by atoms with E-state index in [0.717, 1.165) is 11.3 Å². The van der Waals surface area contributed by atoms with E-state index in [-0.39, 0.29) is 33.6 Å². The molecule has 8 nitrogen and oxygen atoms in total. The molecule has 1 aliphatic rings. The molecule has 2 heterocycles. The van der Waals surface area contributed by atoms with Gasteiger partial charge in [-0.05, 0) is 19.4 Å². The Bertz CT molecular complexity index is 673. The maximum Gasteiger partial charge on any atom is 0.254 e. The molecule has 4 N–H and O–H groups in total. The number of anilines is 1. The Morgan fingerprint density at radius 1 is 1.48 bits per heavy atom. The second-order valence-electron chi connectivity index (χ2n) is 4.94. The smallest absolute Gasteiger partial charge is 0.254 e. The number of hydrogen-bond acceptors (Lipinski definition) is 6. The fourth-order valence-electron chi connectivity index (χ4n) is 1.91. The molecule has 0 radical (unpaired) electrons. The summed E-state index contributed by atoms with van der Waals surface area (Å²) in [7, 11) is 0. The van der Waals surface area contributed by atoms with Crippen molar-refractivity contribution in [1.82, 2.24) is 10.6 Å². The highest BCUT2D eigenvalue weighted by molar-refractivity contribution is 7.20. The number of nitrogens with one attached hydrogen (secondary N) is 3. The highest BCUT2D eigenvalue weighted by Crippen LogP contribution is 2.32. The number of amides is 4. The molecule has 1 fully saturated rings. The van der Waals surface area contributed by atoms with Crippen molar-refractivity contribution in [2.45, 2.75) is 31.9 Å². The van der Waals surface area contributed by atoms with Crippen LogP contribution in [0.5, 0.6) is 0 Å². The highest BCUT2D eigenvalue weighted by Gasteiger charge is 2.29. The number of imide groups is 1. The van der Waals surface area contributed by atoms with Gasteiger partial charge in [-0.3, -0.25) is 24.5 Å². The minimum absolute atomic E-state index is 0.0821. The lowest BCUT2D eigenvalue weighted by atomic mass is 10.1. The number of aliphatic hydroxyl groups is 1. The predicted molar refractivity (Wildman–Crippen MR) is 83.3 cm³/mol. The molecule has 10 heteroatoms. The van der Waals surface area contributed by atoms with E-state index in [9.17, 15) is 24.3 Å². The average Bonchev–Trinajstić information content (AvgIpc) is 2.82. The van der Waals surface area contributed by atoms with Gasteiger partial charge in [0.25, 0.3) is 11.8 Å². The fourth-order valence-corrected chi connectivity index (χ4v) is 3.03. The lowest BCUT2D eigenvalue weighted by molar-refractivity contribution is -0.134. The van der Waals surface area contributed by atoms with Gasteiger partial charge in [0.05, 0.1) is 9.90 Å². The van der Waals surface area contributed by atoms with Gasteiger partial charge in [0.2, 0.25) is 11.8 Å². The molecule has 1 unspecified atom stereocenters. The van der Waals surface area contributed by atoms with Gasteiger partial charge in [0.15, 0.2) is 0 Å². The van der Waals surface area contributed by atoms with E-state index in [1.165, 1.54) is 13.0 Å². The summed E-state index contributed by atoms with van der Waals surface area (Å²) >= 11 is 6.82. The Morgan fingerprint density at radius 2 is 2.17 bits per heavy atom. The van der Waals surface area contributed by atoms with Crippen LogP contribution in [0.25, 0.3) is 0 Å². The summed E-state index contributed by atoms with van der Waals surface area (Å²) in [5.41, 5.74) is 0.0821. The second kappa shape index (κ2) is 7.07. The first-order chi connectivity index (χ1) is 10.8. The number of piperidine rings is 1. The van der Waals surface area contributed by atoms with Crippen LogP contribution < -0.4 is 16.0 Å². The van der Waals surface area contributed by atoms with E-state index < -0.39 is 29.9 Å². The molecule has 0 aliphatic carbocycles. The van der Waals surface area contributed by atoms with E-state index in [1.807, 2.05) is 0 Å². The zero-order chi connectivity index (χ0) is 17.1. The average molecular weight is 360 g/mol. The minimum Gasteiger partial charge on any atom is -0.384 e. The van der Waals surface area contributed by atoms with Gasteiger partial charge in [-0.1, -0.05) is 11.6 Å². The summed E-state index contributed by atoms with van der Waals surface area (Å²) in [6.45, 7) is 1.29. The second-order valence-corrected chi connectivity index (χ2v) is 6.62. The van der Waals surface area contributed by atoms with Crippen LogP contribution in [-0.2, 0) is 14.4 Å². The molecule has 0 bridgehead atoms. The van der Waals surface area contributed by atoms with Gasteiger partial charge in [-0.2, -0.15) is 0 Å². The van der Waals surface area contributed by atoms with Crippen molar-refractivity contribution >= 4 is 51.6 Å². The molecule has 4 amide bonds. The van der Waals surface area contributed by atoms with Crippen LogP contribution in [0.3, 0.4) is 0 Å². The Hall–Kier alpha value is -1.97. The first-order valence-electron chi connectivity index (χ1n) is 6.70. The Kier molecular flexibility index (Phi) is 5.34. The van der Waals surface area contributed by atoms with Crippen molar-refractivity contribution in [2.75, 3.05) is 5.32 Å². The van der Waals surface area contributed by atoms with E-state index in [4.69, 9.17) is 11.6 Å². The Balaban J connectivity index is 2.11. The fraction of sp³-hybridized carbons (Fsp3) is 0.385. The summed E-state index contributed by atoms with van der Waals surface area (Å²) in [5, 5.41) is 16.4. The van der Waals surface area contributed by atoms with Crippen molar-refractivity contribution in [3.05, 3.63) is 16.0 Å². The van der Waals surface area contributed by atoms with Crippen molar-refractivity contribution in [3.8, 4) is 0 Å². The normalized spacial score (nSPS) is 19.0. The lowest BCUT2D eigenvalue weighted by Crippen LogP contribution is -2.52. The van der Waals surface area contributed by atoms with Crippen LogP contribution in [0.1, 0.15) is 30.1 Å². The molecule has 0 saturated carbocycles. The summed E-state index contributed by atoms with van der Waals surface area (Å²) in [6.07, 6.45) is -0.919. The van der Waals surface area contributed by atoms with Crippen molar-refractivity contribution in [3.63, 3.8) is 0 Å². The molecule has 23 heavy (non-hydrogen) atoms. The van der Waals surface area contributed by atoms with Gasteiger partial charge in [-0.25, -0.2) is 0 Å². The van der Waals surface area contributed by atoms with Crippen LogP contribution in [0, 0.1) is 0 Å². The third-order valence-corrected chi connectivity index (χ3v) is 4.29. The van der Waals surface area contributed by atoms with Gasteiger partial charge < -0.3 is 15.7 Å². The molecule has 1 aromatic rings. The van der Waals surface area contributed by atoms with Crippen LogP contribution in [0.4, 0.5) is 5.00 Å². The van der Waals surface area contributed by atoms with Crippen molar-refractivity contribution < 1.29 is 24.3 Å². The quantitative estimate of drug-likeness (QED) is 0.574. The van der Waals surface area contributed by atoms with E-state index in [0.29, 0.717) is 0 Å². The van der Waals surface area contributed by atoms with Gasteiger partial charge >= 0.3 is 0 Å². The van der Waals surface area contributed by atoms with Crippen LogP contribution in [0.15, 0.2) is 6.07 Å². The molecule has 1 aliphatic heterocycles. The largest absolute Gasteiger partial charge is 0.384 e. The zero-order valence-electron chi connectivity index (χ0n) is 12.0. The van der Waals surface area contributed by atoms with Gasteiger partial charge in [-0.15, -0.1) is 11.3 Å². The topological polar surface area (TPSA) is 125 Å². The monoisotopic (exact) mass is 359 g/mol. The van der Waals surface area contributed by atoms with Crippen molar-refractivity contribution in [1.29, 1.82) is 0 Å². The maximum atomic E-state index is 12.3. The molecule has 124 valence electrons. The van der Waals surface area contributed by atoms with Gasteiger partial charge in [0.1, 0.15) is 17.1 Å². The molecule has 2 atom stereocenters. The molecular weight excluding hydrogens is 346 g/mol. The van der Waals surface area contributed by atoms with Crippen LogP contribution in [-0.4, -0.2) is 40.9 Å². The SMILES string of the molecule is C[C@H](O)C(=O)Nc1sc(Cl)cc1C(=O)NC1CCC(=O)NC1=O. The van der Waals surface area contributed by atoms with Crippen molar-refractivity contribution in [2.24, 2.45) is 0 Å². The molecule has 2 rings (SSSR count). The zero-order valence-corrected chi connectivity index (χ0v) is 13.6. The summed E-state index contributed by atoms with van der Waals surface area (Å²) in [4.78, 5) is 46.6. The molecule has 1 saturated heterocycles. The minimum atomic E-state index is -1.25. The number of thiophene rings is 1. The Labute approximate surface area is 140 Å². The number of hydrogen-bond donors (Lipinski definition) is 4. The summed E-state index contributed by atoms with van der Waals surface area (Å²) < 4.78 is 0.263. The molecule has 0 aromatic carbocycles. The maximum absolute atomic E-state index is 12.3. The Morgan fingerprint density at radius 3 is 2.78 bits per heavy atom. The number of carbonyl (C=O) groups excluding carboxylic acids is 4. The predicted octanol–water partition coefficient (Wildman–Crippen LogP) is 0.256. The van der Waals surface area contributed by atoms with Gasteiger partial charge in [0, 0.05) is 6.42 Å². The van der Waals surface area contributed by atoms with Crippen LogP contribution in [0.2, 0.25) is 4.34 Å². The standard InChI is InChI=1S/C13H14ClN3O5S/c1-5(18)10(20)17-13-6(4-8(14)23-13)11(21)15-7-2-3-9(19)16-12(7)22/h4-5,7,18H,2-3H2,1H3,(H,15,21)(H,17,20)(H,16,19,22)/t5-,7?/m0/s1. The van der Waals surface area contributed by atoms with Crippen LogP contribution >= 0.6 is 22.9 Å². The lowest BCUT2D eigenvalue weighted by Gasteiger charge is -2.21. The van der Waals surface area contributed by atoms with E-state index in [1.54, 1.807) is 0 Å². The first-order valence-corrected chi connectivity index (χ1v) is 7.90. The third kappa shape index (κ3) is 4.27. The summed E-state index contributed by atoms with van der Waals surface area (Å²) in [5.74, 6) is -2.25. The number of aliphatic hydroxyl groups excluding tert-OH is 1. The number of carbonyl (C=O) groups is 4. The van der Waals surface area contributed by atoms with E-state index >= 15 is 0 Å². The first kappa shape index (κ1) is 17.4. The molecule has 1 aromatic heterocycles. The molecular formula is C13H14ClN3O5S. The third-order valence-electron chi connectivity index (χ3n) is 3.11. The molecule has 0 spiro atoms.